The third-order valence-corrected chi connectivity index (χ3v) is 4.08. The maximum atomic E-state index is 10.7. The molecule has 0 aliphatic carbocycles. The third kappa shape index (κ3) is 6.10. The van der Waals surface area contributed by atoms with Crippen LogP contribution in [-0.2, 0) is 16.6 Å². The molecular formula is C22H28O4. The molecule has 0 saturated heterocycles. The first-order valence-corrected chi connectivity index (χ1v) is 8.93. The molecule has 26 heavy (non-hydrogen) atoms. The number of carboxylic acid groups (broad SMARTS) is 1. The van der Waals surface area contributed by atoms with E-state index in [9.17, 15) is 4.79 Å². The van der Waals surface area contributed by atoms with Crippen molar-refractivity contribution in [1.82, 2.24) is 0 Å². The van der Waals surface area contributed by atoms with E-state index in [-0.39, 0.29) is 11.8 Å². The molecule has 0 saturated carbocycles. The van der Waals surface area contributed by atoms with Crippen LogP contribution in [-0.4, -0.2) is 24.3 Å². The highest BCUT2D eigenvalue weighted by atomic mass is 16.5. The summed E-state index contributed by atoms with van der Waals surface area (Å²) in [5.41, 5.74) is 3.38. The van der Waals surface area contributed by atoms with Crippen LogP contribution >= 0.6 is 0 Å². The van der Waals surface area contributed by atoms with Crippen molar-refractivity contribution in [1.29, 1.82) is 0 Å². The van der Waals surface area contributed by atoms with Gasteiger partial charge in [-0.3, -0.25) is 4.79 Å². The highest BCUT2D eigenvalue weighted by molar-refractivity contribution is 5.67. The van der Waals surface area contributed by atoms with Gasteiger partial charge < -0.3 is 14.6 Å². The van der Waals surface area contributed by atoms with Gasteiger partial charge in [-0.2, -0.15) is 0 Å². The number of hydrogen-bond acceptors (Lipinski definition) is 3. The molecule has 0 fully saturated rings. The number of rotatable bonds is 8. The van der Waals surface area contributed by atoms with Gasteiger partial charge in [-0.25, -0.2) is 0 Å². The van der Waals surface area contributed by atoms with Crippen molar-refractivity contribution >= 4 is 5.97 Å². The summed E-state index contributed by atoms with van der Waals surface area (Å²) in [6.45, 7) is 9.49. The predicted molar refractivity (Wildman–Crippen MR) is 103 cm³/mol. The van der Waals surface area contributed by atoms with Gasteiger partial charge in [0.25, 0.3) is 0 Å². The zero-order chi connectivity index (χ0) is 19.2. The molecule has 2 aromatic carbocycles. The molecule has 0 atom stereocenters. The van der Waals surface area contributed by atoms with Gasteiger partial charge in [-0.15, -0.1) is 0 Å². The van der Waals surface area contributed by atoms with Crippen molar-refractivity contribution in [2.24, 2.45) is 0 Å². The highest BCUT2D eigenvalue weighted by Crippen LogP contribution is 2.32. The van der Waals surface area contributed by atoms with E-state index >= 15 is 0 Å². The standard InChI is InChI=1S/C22H28O4/c1-16-8-10-20(19(14-16)22(2,3)4)26-13-12-25-18-7-5-6-17(15-18)9-11-21(23)24/h5-8,10,14-15H,9,11-13H2,1-4H3,(H,23,24). The number of carbonyl (C=O) groups is 1. The van der Waals surface area contributed by atoms with Crippen molar-refractivity contribution in [3.05, 3.63) is 59.2 Å². The Labute approximate surface area is 155 Å². The summed E-state index contributed by atoms with van der Waals surface area (Å²) in [7, 11) is 0. The summed E-state index contributed by atoms with van der Waals surface area (Å²) >= 11 is 0. The molecule has 2 rings (SSSR count). The lowest BCUT2D eigenvalue weighted by molar-refractivity contribution is -0.136. The number of aliphatic carboxylic acids is 1. The van der Waals surface area contributed by atoms with Gasteiger partial charge in [-0.05, 0) is 48.1 Å². The lowest BCUT2D eigenvalue weighted by atomic mass is 9.85. The Kier molecular flexibility index (Phi) is 6.67. The van der Waals surface area contributed by atoms with E-state index < -0.39 is 5.97 Å². The number of hydrogen-bond donors (Lipinski definition) is 1. The van der Waals surface area contributed by atoms with Crippen molar-refractivity contribution in [2.75, 3.05) is 13.2 Å². The largest absolute Gasteiger partial charge is 0.490 e. The van der Waals surface area contributed by atoms with Crippen molar-refractivity contribution in [3.8, 4) is 11.5 Å². The van der Waals surface area contributed by atoms with Crippen molar-refractivity contribution in [3.63, 3.8) is 0 Å². The maximum absolute atomic E-state index is 10.7. The van der Waals surface area contributed by atoms with Crippen LogP contribution in [0.2, 0.25) is 0 Å². The molecule has 1 N–H and O–H groups in total. The van der Waals surface area contributed by atoms with Gasteiger partial charge in [0.05, 0.1) is 0 Å². The summed E-state index contributed by atoms with van der Waals surface area (Å²) < 4.78 is 11.7. The summed E-state index contributed by atoms with van der Waals surface area (Å²) in [5.74, 6) is 0.829. The van der Waals surface area contributed by atoms with Crippen LogP contribution in [0.1, 0.15) is 43.9 Å². The molecule has 0 amide bonds. The minimum atomic E-state index is -0.794. The fourth-order valence-electron chi connectivity index (χ4n) is 2.71. The molecule has 0 unspecified atom stereocenters. The molecule has 0 aliphatic heterocycles. The van der Waals surface area contributed by atoms with Gasteiger partial charge in [0, 0.05) is 6.42 Å². The second-order valence-corrected chi connectivity index (χ2v) is 7.49. The monoisotopic (exact) mass is 356 g/mol. The summed E-state index contributed by atoms with van der Waals surface area (Å²) in [6, 6.07) is 13.8. The average Bonchev–Trinajstić information content (AvgIpc) is 2.57. The summed E-state index contributed by atoms with van der Waals surface area (Å²) in [5, 5.41) is 8.77. The maximum Gasteiger partial charge on any atom is 0.303 e. The van der Waals surface area contributed by atoms with E-state index in [2.05, 4.69) is 39.8 Å². The van der Waals surface area contributed by atoms with Crippen LogP contribution in [0.25, 0.3) is 0 Å². The minimum absolute atomic E-state index is 0.0146. The molecule has 0 aliphatic rings. The molecule has 140 valence electrons. The third-order valence-electron chi connectivity index (χ3n) is 4.08. The van der Waals surface area contributed by atoms with E-state index in [0.29, 0.717) is 19.6 Å². The minimum Gasteiger partial charge on any atom is -0.490 e. The van der Waals surface area contributed by atoms with Gasteiger partial charge in [-0.1, -0.05) is 50.6 Å². The van der Waals surface area contributed by atoms with Crippen LogP contribution in [0.5, 0.6) is 11.5 Å². The van der Waals surface area contributed by atoms with Crippen LogP contribution in [0, 0.1) is 6.92 Å². The fraction of sp³-hybridized carbons (Fsp3) is 0.409. The Morgan fingerprint density at radius 3 is 2.46 bits per heavy atom. The normalized spacial score (nSPS) is 11.2. The highest BCUT2D eigenvalue weighted by Gasteiger charge is 2.19. The lowest BCUT2D eigenvalue weighted by Crippen LogP contribution is -2.16. The Balaban J connectivity index is 1.90. The van der Waals surface area contributed by atoms with E-state index in [1.54, 1.807) is 0 Å². The van der Waals surface area contributed by atoms with E-state index in [1.165, 1.54) is 11.1 Å². The zero-order valence-corrected chi connectivity index (χ0v) is 16.0. The second kappa shape index (κ2) is 8.75. The first kappa shape index (κ1) is 19.8. The van der Waals surface area contributed by atoms with E-state index in [0.717, 1.165) is 17.1 Å². The quantitative estimate of drug-likeness (QED) is 0.692. The topological polar surface area (TPSA) is 55.8 Å². The summed E-state index contributed by atoms with van der Waals surface area (Å²) in [4.78, 5) is 10.7. The fourth-order valence-corrected chi connectivity index (χ4v) is 2.71. The van der Waals surface area contributed by atoms with Crippen LogP contribution in [0.15, 0.2) is 42.5 Å². The van der Waals surface area contributed by atoms with Gasteiger partial charge in [0.1, 0.15) is 24.7 Å². The molecule has 0 aromatic heterocycles. The van der Waals surface area contributed by atoms with E-state index in [4.69, 9.17) is 14.6 Å². The number of benzene rings is 2. The van der Waals surface area contributed by atoms with Gasteiger partial charge in [0.2, 0.25) is 0 Å². The molecule has 0 heterocycles. The average molecular weight is 356 g/mol. The molecule has 2 aromatic rings. The van der Waals surface area contributed by atoms with Crippen LogP contribution in [0.3, 0.4) is 0 Å². The number of aryl methyl sites for hydroxylation is 2. The Hall–Kier alpha value is -2.49. The van der Waals surface area contributed by atoms with Crippen LogP contribution < -0.4 is 9.47 Å². The van der Waals surface area contributed by atoms with E-state index in [1.807, 2.05) is 30.3 Å². The second-order valence-electron chi connectivity index (χ2n) is 7.49. The predicted octanol–water partition coefficient (Wildman–Crippen LogP) is 4.77. The van der Waals surface area contributed by atoms with Gasteiger partial charge >= 0.3 is 5.97 Å². The number of carboxylic acids is 1. The SMILES string of the molecule is Cc1ccc(OCCOc2cccc(CCC(=O)O)c2)c(C(C)(C)C)c1. The van der Waals surface area contributed by atoms with Crippen molar-refractivity contribution < 1.29 is 19.4 Å². The molecule has 0 spiro atoms. The van der Waals surface area contributed by atoms with Crippen molar-refractivity contribution in [2.45, 2.75) is 46.0 Å². The molecule has 0 radical (unpaired) electrons. The number of ether oxygens (including phenoxy) is 2. The molecule has 4 nitrogen and oxygen atoms in total. The molecular weight excluding hydrogens is 328 g/mol. The van der Waals surface area contributed by atoms with Gasteiger partial charge in [0.15, 0.2) is 0 Å². The summed E-state index contributed by atoms with van der Waals surface area (Å²) in [6.07, 6.45) is 0.622. The van der Waals surface area contributed by atoms with Crippen LogP contribution in [0.4, 0.5) is 0 Å². The Morgan fingerprint density at radius 1 is 1.04 bits per heavy atom. The first-order chi connectivity index (χ1) is 12.3. The Bertz CT molecular complexity index is 744. The molecule has 4 heteroatoms. The smallest absolute Gasteiger partial charge is 0.303 e. The molecule has 0 bridgehead atoms. The lowest BCUT2D eigenvalue weighted by Gasteiger charge is -2.23. The zero-order valence-electron chi connectivity index (χ0n) is 16.0. The first-order valence-electron chi connectivity index (χ1n) is 8.93. The Morgan fingerprint density at radius 2 is 1.77 bits per heavy atom.